The topological polar surface area (TPSA) is 35.2 Å². The zero-order valence-corrected chi connectivity index (χ0v) is 10.2. The molecule has 0 aliphatic heterocycles. The van der Waals surface area contributed by atoms with Gasteiger partial charge in [0.15, 0.2) is 11.6 Å². The van der Waals surface area contributed by atoms with Crippen LogP contribution in [0.4, 0.5) is 14.5 Å². The molecule has 2 aromatic rings. The lowest BCUT2D eigenvalue weighted by molar-refractivity contribution is 0.439. The van der Waals surface area contributed by atoms with Gasteiger partial charge in [-0.25, -0.2) is 8.78 Å². The van der Waals surface area contributed by atoms with Crippen LogP contribution in [0.2, 0.25) is 0 Å². The maximum Gasteiger partial charge on any atom is 0.167 e. The third-order valence-corrected chi connectivity index (χ3v) is 2.72. The largest absolute Gasteiger partial charge is 0.454 e. The van der Waals surface area contributed by atoms with E-state index in [2.05, 4.69) is 15.9 Å². The van der Waals surface area contributed by atoms with Gasteiger partial charge >= 0.3 is 0 Å². The fourth-order valence-electron chi connectivity index (χ4n) is 1.27. The first-order chi connectivity index (χ1) is 8.06. The van der Waals surface area contributed by atoms with E-state index in [1.165, 1.54) is 30.3 Å². The van der Waals surface area contributed by atoms with Gasteiger partial charge in [0, 0.05) is 17.8 Å². The Morgan fingerprint density at radius 2 is 1.76 bits per heavy atom. The van der Waals surface area contributed by atoms with E-state index >= 15 is 0 Å². The molecular formula is C12H8BrF2NO. The highest BCUT2D eigenvalue weighted by molar-refractivity contribution is 9.10. The highest BCUT2D eigenvalue weighted by Gasteiger charge is 2.07. The van der Waals surface area contributed by atoms with Crippen molar-refractivity contribution in [1.29, 1.82) is 0 Å². The molecule has 0 fully saturated rings. The van der Waals surface area contributed by atoms with Crippen LogP contribution in [0.15, 0.2) is 40.9 Å². The van der Waals surface area contributed by atoms with Crippen LogP contribution >= 0.6 is 15.9 Å². The molecule has 0 saturated heterocycles. The minimum Gasteiger partial charge on any atom is -0.454 e. The van der Waals surface area contributed by atoms with E-state index in [1.807, 2.05) is 0 Å². The maximum absolute atomic E-state index is 13.4. The molecule has 2 rings (SSSR count). The van der Waals surface area contributed by atoms with Crippen molar-refractivity contribution in [3.8, 4) is 11.5 Å². The molecule has 0 heterocycles. The van der Waals surface area contributed by atoms with Crippen molar-refractivity contribution < 1.29 is 13.5 Å². The standard InChI is InChI=1S/C12H8BrF2NO/c13-9-3-2-8(6-10(9)14)17-12-4-1-7(16)5-11(12)15/h1-6H,16H2. The van der Waals surface area contributed by atoms with Crippen LogP contribution in [0.25, 0.3) is 0 Å². The van der Waals surface area contributed by atoms with Crippen LogP contribution in [0.5, 0.6) is 11.5 Å². The third kappa shape index (κ3) is 2.74. The molecule has 0 unspecified atom stereocenters. The van der Waals surface area contributed by atoms with Gasteiger partial charge in [0.05, 0.1) is 4.47 Å². The van der Waals surface area contributed by atoms with E-state index in [0.29, 0.717) is 10.2 Å². The Morgan fingerprint density at radius 1 is 1.00 bits per heavy atom. The predicted octanol–water partition coefficient (Wildman–Crippen LogP) is 4.10. The van der Waals surface area contributed by atoms with Gasteiger partial charge in [0.25, 0.3) is 0 Å². The predicted molar refractivity (Wildman–Crippen MR) is 65.0 cm³/mol. The number of halogens is 3. The number of ether oxygens (including phenoxy) is 1. The molecule has 0 aromatic heterocycles. The first-order valence-corrected chi connectivity index (χ1v) is 5.53. The van der Waals surface area contributed by atoms with Gasteiger partial charge in [-0.3, -0.25) is 0 Å². The number of rotatable bonds is 2. The van der Waals surface area contributed by atoms with E-state index in [4.69, 9.17) is 10.5 Å². The van der Waals surface area contributed by atoms with Crippen LogP contribution in [0.3, 0.4) is 0 Å². The molecule has 0 aliphatic rings. The van der Waals surface area contributed by atoms with Crippen LogP contribution < -0.4 is 10.5 Å². The molecule has 0 spiro atoms. The van der Waals surface area contributed by atoms with Gasteiger partial charge < -0.3 is 10.5 Å². The van der Waals surface area contributed by atoms with Gasteiger partial charge in [0.1, 0.15) is 11.6 Å². The summed E-state index contributed by atoms with van der Waals surface area (Å²) in [4.78, 5) is 0. The first kappa shape index (κ1) is 11.9. The van der Waals surface area contributed by atoms with Crippen molar-refractivity contribution in [2.75, 3.05) is 5.73 Å². The van der Waals surface area contributed by atoms with Crippen LogP contribution in [-0.2, 0) is 0 Å². The van der Waals surface area contributed by atoms with E-state index < -0.39 is 11.6 Å². The van der Waals surface area contributed by atoms with E-state index in [9.17, 15) is 8.78 Å². The quantitative estimate of drug-likeness (QED) is 0.847. The van der Waals surface area contributed by atoms with Gasteiger partial charge in [-0.15, -0.1) is 0 Å². The summed E-state index contributed by atoms with van der Waals surface area (Å²) in [5, 5.41) is 0. The molecule has 0 amide bonds. The molecular weight excluding hydrogens is 292 g/mol. The number of hydrogen-bond donors (Lipinski definition) is 1. The monoisotopic (exact) mass is 299 g/mol. The smallest absolute Gasteiger partial charge is 0.167 e. The van der Waals surface area contributed by atoms with Crippen LogP contribution in [0, 0.1) is 11.6 Å². The van der Waals surface area contributed by atoms with Crippen molar-refractivity contribution in [1.82, 2.24) is 0 Å². The minimum absolute atomic E-state index is 0.000854. The summed E-state index contributed by atoms with van der Waals surface area (Å²) in [6.07, 6.45) is 0. The number of anilines is 1. The summed E-state index contributed by atoms with van der Waals surface area (Å²) in [7, 11) is 0. The lowest BCUT2D eigenvalue weighted by Gasteiger charge is -2.07. The molecule has 0 atom stereocenters. The third-order valence-electron chi connectivity index (χ3n) is 2.07. The van der Waals surface area contributed by atoms with Gasteiger partial charge in [-0.1, -0.05) is 0 Å². The summed E-state index contributed by atoms with van der Waals surface area (Å²) < 4.78 is 32.1. The van der Waals surface area contributed by atoms with E-state index in [0.717, 1.165) is 6.07 Å². The number of benzene rings is 2. The normalized spacial score (nSPS) is 10.3. The number of nitrogens with two attached hydrogens (primary N) is 1. The first-order valence-electron chi connectivity index (χ1n) is 4.74. The average Bonchev–Trinajstić information content (AvgIpc) is 2.27. The fourth-order valence-corrected chi connectivity index (χ4v) is 1.51. The van der Waals surface area contributed by atoms with Gasteiger partial charge in [0.2, 0.25) is 0 Å². The van der Waals surface area contributed by atoms with E-state index in [-0.39, 0.29) is 11.5 Å². The number of nitrogen functional groups attached to an aromatic ring is 1. The second-order valence-corrected chi connectivity index (χ2v) is 4.22. The lowest BCUT2D eigenvalue weighted by atomic mass is 10.3. The van der Waals surface area contributed by atoms with Crippen molar-refractivity contribution >= 4 is 21.6 Å². The zero-order valence-electron chi connectivity index (χ0n) is 8.58. The molecule has 0 aliphatic carbocycles. The molecule has 5 heteroatoms. The Labute approximate surface area is 105 Å². The van der Waals surface area contributed by atoms with Gasteiger partial charge in [-0.05, 0) is 40.2 Å². The summed E-state index contributed by atoms with van der Waals surface area (Å²) in [5.41, 5.74) is 5.71. The Hall–Kier alpha value is -1.62. The fraction of sp³-hybridized carbons (Fsp3) is 0. The lowest BCUT2D eigenvalue weighted by Crippen LogP contribution is -1.92. The Morgan fingerprint density at radius 3 is 2.41 bits per heavy atom. The molecule has 0 saturated carbocycles. The Balaban J connectivity index is 2.28. The SMILES string of the molecule is Nc1ccc(Oc2ccc(Br)c(F)c2)c(F)c1. The van der Waals surface area contributed by atoms with Crippen molar-refractivity contribution in [2.45, 2.75) is 0 Å². The van der Waals surface area contributed by atoms with E-state index in [1.54, 1.807) is 0 Å². The summed E-state index contributed by atoms with van der Waals surface area (Å²) in [6, 6.07) is 8.23. The van der Waals surface area contributed by atoms with Crippen molar-refractivity contribution in [2.24, 2.45) is 0 Å². The average molecular weight is 300 g/mol. The molecule has 17 heavy (non-hydrogen) atoms. The second-order valence-electron chi connectivity index (χ2n) is 3.37. The van der Waals surface area contributed by atoms with Crippen molar-refractivity contribution in [3.05, 3.63) is 52.5 Å². The van der Waals surface area contributed by atoms with Crippen LogP contribution in [0.1, 0.15) is 0 Å². The van der Waals surface area contributed by atoms with Crippen LogP contribution in [-0.4, -0.2) is 0 Å². The zero-order chi connectivity index (χ0) is 12.4. The summed E-state index contributed by atoms with van der Waals surface area (Å²) in [5.74, 6) is -0.845. The maximum atomic E-state index is 13.4. The summed E-state index contributed by atoms with van der Waals surface area (Å²) in [6.45, 7) is 0. The highest BCUT2D eigenvalue weighted by Crippen LogP contribution is 2.28. The van der Waals surface area contributed by atoms with Crippen molar-refractivity contribution in [3.63, 3.8) is 0 Å². The minimum atomic E-state index is -0.590. The highest BCUT2D eigenvalue weighted by atomic mass is 79.9. The van der Waals surface area contributed by atoms with Gasteiger partial charge in [-0.2, -0.15) is 0 Å². The summed E-state index contributed by atoms with van der Waals surface area (Å²) >= 11 is 3.02. The molecule has 0 bridgehead atoms. The molecule has 2 nitrogen and oxygen atoms in total. The molecule has 2 aromatic carbocycles. The second kappa shape index (κ2) is 4.71. The molecule has 88 valence electrons. The molecule has 0 radical (unpaired) electrons. The number of hydrogen-bond acceptors (Lipinski definition) is 2. The molecule has 2 N–H and O–H groups in total. The Bertz CT molecular complexity index is 560. The Kier molecular flexibility index (Phi) is 3.28.